The van der Waals surface area contributed by atoms with Gasteiger partial charge in [0.1, 0.15) is 0 Å². The van der Waals surface area contributed by atoms with Gasteiger partial charge in [-0.25, -0.2) is 13.1 Å². The second kappa shape index (κ2) is 7.85. The molecule has 2 aromatic carbocycles. The van der Waals surface area contributed by atoms with Crippen LogP contribution in [0.15, 0.2) is 59.5 Å². The van der Waals surface area contributed by atoms with Crippen molar-refractivity contribution in [2.24, 2.45) is 0 Å². The molecule has 2 N–H and O–H groups in total. The van der Waals surface area contributed by atoms with E-state index in [1.54, 1.807) is 42.5 Å². The number of hydrogen-bond donors (Lipinski definition) is 2. The molecule has 6 nitrogen and oxygen atoms in total. The van der Waals surface area contributed by atoms with Crippen molar-refractivity contribution in [1.29, 1.82) is 0 Å². The topological polar surface area (TPSA) is 92.3 Å². The van der Waals surface area contributed by atoms with Crippen LogP contribution in [0.1, 0.15) is 12.0 Å². The summed E-state index contributed by atoms with van der Waals surface area (Å²) in [4.78, 5) is 23.6. The van der Waals surface area contributed by atoms with E-state index in [0.717, 1.165) is 5.56 Å². The molecule has 0 aliphatic heterocycles. The Morgan fingerprint density at radius 1 is 0.958 bits per heavy atom. The third kappa shape index (κ3) is 5.29. The van der Waals surface area contributed by atoms with Crippen LogP contribution in [0.4, 0.5) is 5.69 Å². The molecule has 0 bridgehead atoms. The summed E-state index contributed by atoms with van der Waals surface area (Å²) >= 11 is 0. The highest BCUT2D eigenvalue weighted by atomic mass is 32.2. The second-order valence-electron chi connectivity index (χ2n) is 5.27. The van der Waals surface area contributed by atoms with Crippen molar-refractivity contribution in [3.8, 4) is 0 Å². The first-order valence-electron chi connectivity index (χ1n) is 7.30. The minimum Gasteiger partial charge on any atom is -0.326 e. The number of carbonyl (C=O) groups is 2. The van der Waals surface area contributed by atoms with Crippen LogP contribution in [0.5, 0.6) is 0 Å². The van der Waals surface area contributed by atoms with Gasteiger partial charge in [0.2, 0.25) is 15.9 Å². The van der Waals surface area contributed by atoms with E-state index in [-0.39, 0.29) is 4.90 Å². The fourth-order valence-electron chi connectivity index (χ4n) is 1.94. The molecule has 7 heteroatoms. The predicted molar refractivity (Wildman–Crippen MR) is 91.1 cm³/mol. The van der Waals surface area contributed by atoms with Crippen LogP contribution in [0.25, 0.3) is 0 Å². The maximum atomic E-state index is 12.1. The largest absolute Gasteiger partial charge is 0.326 e. The van der Waals surface area contributed by atoms with Crippen molar-refractivity contribution in [2.75, 3.05) is 11.9 Å². The lowest BCUT2D eigenvalue weighted by Crippen LogP contribution is -2.31. The summed E-state index contributed by atoms with van der Waals surface area (Å²) in [6.07, 6.45) is -0.398. The molecular formula is C17H18N2O4S. The standard InChI is InChI=1S/C17H18N2O4S/c1-13-7-9-16(10-8-13)24(22,23)18-12-15(20)11-17(21)19-14-5-3-2-4-6-14/h2-10,18H,11-12H2,1H3,(H,19,21). The first-order valence-corrected chi connectivity index (χ1v) is 8.78. The number of aryl methyl sites for hydroxylation is 1. The fourth-order valence-corrected chi connectivity index (χ4v) is 2.96. The maximum absolute atomic E-state index is 12.1. The minimum atomic E-state index is -3.77. The lowest BCUT2D eigenvalue weighted by atomic mass is 10.2. The Hall–Kier alpha value is -2.51. The normalized spacial score (nSPS) is 11.0. The molecule has 0 aliphatic rings. The van der Waals surface area contributed by atoms with Crippen LogP contribution in [0.2, 0.25) is 0 Å². The van der Waals surface area contributed by atoms with Gasteiger partial charge in [-0.05, 0) is 31.2 Å². The van der Waals surface area contributed by atoms with E-state index in [1.165, 1.54) is 12.1 Å². The maximum Gasteiger partial charge on any atom is 0.240 e. The van der Waals surface area contributed by atoms with Gasteiger partial charge in [-0.2, -0.15) is 0 Å². The summed E-state index contributed by atoms with van der Waals surface area (Å²) in [5, 5.41) is 2.57. The first kappa shape index (κ1) is 17.8. The fraction of sp³-hybridized carbons (Fsp3) is 0.176. The molecule has 0 saturated heterocycles. The molecule has 2 aromatic rings. The van der Waals surface area contributed by atoms with Gasteiger partial charge >= 0.3 is 0 Å². The van der Waals surface area contributed by atoms with Crippen molar-refractivity contribution in [3.05, 3.63) is 60.2 Å². The minimum absolute atomic E-state index is 0.0784. The predicted octanol–water partition coefficient (Wildman–Crippen LogP) is 1.87. The third-order valence-electron chi connectivity index (χ3n) is 3.21. The Kier molecular flexibility index (Phi) is 5.83. The van der Waals surface area contributed by atoms with Gasteiger partial charge < -0.3 is 5.32 Å². The van der Waals surface area contributed by atoms with Crippen LogP contribution in [0.3, 0.4) is 0 Å². The zero-order chi connectivity index (χ0) is 17.6. The summed E-state index contributed by atoms with van der Waals surface area (Å²) in [5.74, 6) is -1.00. The molecule has 0 fully saturated rings. The van der Waals surface area contributed by atoms with Gasteiger partial charge in [0.05, 0.1) is 17.9 Å². The van der Waals surface area contributed by atoms with E-state index in [4.69, 9.17) is 0 Å². The Morgan fingerprint density at radius 2 is 1.58 bits per heavy atom. The number of hydrogen-bond acceptors (Lipinski definition) is 4. The Labute approximate surface area is 140 Å². The molecule has 0 atom stereocenters. The highest BCUT2D eigenvalue weighted by Crippen LogP contribution is 2.10. The zero-order valence-electron chi connectivity index (χ0n) is 13.2. The molecule has 2 rings (SSSR count). The Morgan fingerprint density at radius 3 is 2.21 bits per heavy atom. The van der Waals surface area contributed by atoms with Gasteiger partial charge in [-0.3, -0.25) is 9.59 Å². The summed E-state index contributed by atoms with van der Waals surface area (Å²) in [6.45, 7) is 1.41. The van der Waals surface area contributed by atoms with E-state index < -0.39 is 34.7 Å². The number of carbonyl (C=O) groups excluding carboxylic acids is 2. The Bertz CT molecular complexity index is 815. The van der Waals surface area contributed by atoms with Gasteiger partial charge in [-0.1, -0.05) is 35.9 Å². The van der Waals surface area contributed by atoms with E-state index in [2.05, 4.69) is 10.0 Å². The van der Waals surface area contributed by atoms with Crippen LogP contribution >= 0.6 is 0 Å². The summed E-state index contributed by atoms with van der Waals surface area (Å²) in [5.41, 5.74) is 1.51. The van der Waals surface area contributed by atoms with Crippen LogP contribution in [-0.4, -0.2) is 26.7 Å². The summed E-state index contributed by atoms with van der Waals surface area (Å²) in [7, 11) is -3.77. The number of Topliss-reactive ketones (excluding diaryl/α,β-unsaturated/α-hetero) is 1. The lowest BCUT2D eigenvalue weighted by molar-refractivity contribution is -0.124. The number of ketones is 1. The van der Waals surface area contributed by atoms with Gasteiger partial charge in [0.25, 0.3) is 0 Å². The quantitative estimate of drug-likeness (QED) is 0.749. The molecular weight excluding hydrogens is 328 g/mol. The first-order chi connectivity index (χ1) is 11.4. The van der Waals surface area contributed by atoms with Crippen molar-refractivity contribution in [1.82, 2.24) is 4.72 Å². The number of nitrogens with one attached hydrogen (secondary N) is 2. The number of para-hydroxylation sites is 1. The van der Waals surface area contributed by atoms with Crippen molar-refractivity contribution in [3.63, 3.8) is 0 Å². The van der Waals surface area contributed by atoms with E-state index in [1.807, 2.05) is 6.92 Å². The van der Waals surface area contributed by atoms with E-state index in [9.17, 15) is 18.0 Å². The molecule has 126 valence electrons. The van der Waals surface area contributed by atoms with Gasteiger partial charge in [-0.15, -0.1) is 0 Å². The lowest BCUT2D eigenvalue weighted by Gasteiger charge is -2.07. The Balaban J connectivity index is 1.86. The molecule has 0 aromatic heterocycles. The molecule has 0 heterocycles. The number of amides is 1. The van der Waals surface area contributed by atoms with E-state index >= 15 is 0 Å². The molecule has 1 amide bonds. The van der Waals surface area contributed by atoms with Gasteiger partial charge in [0, 0.05) is 5.69 Å². The SMILES string of the molecule is Cc1ccc(S(=O)(=O)NCC(=O)CC(=O)Nc2ccccc2)cc1. The molecule has 0 unspecified atom stereocenters. The van der Waals surface area contributed by atoms with E-state index in [0.29, 0.717) is 5.69 Å². The van der Waals surface area contributed by atoms with Crippen LogP contribution < -0.4 is 10.0 Å². The van der Waals surface area contributed by atoms with Gasteiger partial charge in [0.15, 0.2) is 5.78 Å². The molecule has 0 spiro atoms. The molecule has 0 radical (unpaired) electrons. The van der Waals surface area contributed by atoms with Crippen molar-refractivity contribution >= 4 is 27.4 Å². The van der Waals surface area contributed by atoms with Crippen molar-refractivity contribution < 1.29 is 18.0 Å². The van der Waals surface area contributed by atoms with Crippen molar-refractivity contribution in [2.45, 2.75) is 18.2 Å². The number of rotatable bonds is 7. The second-order valence-corrected chi connectivity index (χ2v) is 7.03. The third-order valence-corrected chi connectivity index (χ3v) is 4.62. The molecule has 0 saturated carbocycles. The van der Waals surface area contributed by atoms with Crippen LogP contribution in [0, 0.1) is 6.92 Å². The number of sulfonamides is 1. The number of benzene rings is 2. The average molecular weight is 346 g/mol. The molecule has 0 aliphatic carbocycles. The smallest absolute Gasteiger partial charge is 0.240 e. The monoisotopic (exact) mass is 346 g/mol. The van der Waals surface area contributed by atoms with Crippen LogP contribution in [-0.2, 0) is 19.6 Å². The highest BCUT2D eigenvalue weighted by molar-refractivity contribution is 7.89. The summed E-state index contributed by atoms with van der Waals surface area (Å²) in [6, 6.07) is 15.0. The highest BCUT2D eigenvalue weighted by Gasteiger charge is 2.16. The number of anilines is 1. The summed E-state index contributed by atoms with van der Waals surface area (Å²) < 4.78 is 26.3. The zero-order valence-corrected chi connectivity index (χ0v) is 14.0. The molecule has 24 heavy (non-hydrogen) atoms. The average Bonchev–Trinajstić information content (AvgIpc) is 2.54.